The fourth-order valence-corrected chi connectivity index (χ4v) is 2.70. The molecule has 0 radical (unpaired) electrons. The van der Waals surface area contributed by atoms with Crippen LogP contribution in [0.3, 0.4) is 0 Å². The molecular weight excluding hydrogens is 306 g/mol. The number of benzene rings is 1. The lowest BCUT2D eigenvalue weighted by atomic mass is 10.0. The monoisotopic (exact) mass is 323 g/mol. The first-order valence-corrected chi connectivity index (χ1v) is 7.20. The standard InChI is InChI=1S/C15H18BrNO2/c1-2-13(11-6-3-4-7-12(11)16)17-14(10-18)15-8-5-9-19-15/h3-9,13-14,17-18H,2,10H2,1H3. The molecule has 19 heavy (non-hydrogen) atoms. The number of aliphatic hydroxyl groups excluding tert-OH is 1. The largest absolute Gasteiger partial charge is 0.468 e. The number of aliphatic hydroxyl groups is 1. The second kappa shape index (κ2) is 6.89. The number of rotatable bonds is 6. The summed E-state index contributed by atoms with van der Waals surface area (Å²) >= 11 is 3.57. The molecule has 0 fully saturated rings. The molecule has 1 aromatic carbocycles. The number of nitrogens with one attached hydrogen (secondary N) is 1. The second-order valence-electron chi connectivity index (χ2n) is 4.40. The Hall–Kier alpha value is -1.10. The third-order valence-electron chi connectivity index (χ3n) is 3.16. The number of hydrogen-bond donors (Lipinski definition) is 2. The molecule has 3 nitrogen and oxygen atoms in total. The van der Waals surface area contributed by atoms with Gasteiger partial charge in [-0.15, -0.1) is 0 Å². The molecule has 0 spiro atoms. The van der Waals surface area contributed by atoms with Crippen molar-refractivity contribution in [2.45, 2.75) is 25.4 Å². The maximum atomic E-state index is 9.52. The van der Waals surface area contributed by atoms with Gasteiger partial charge in [0.25, 0.3) is 0 Å². The molecule has 2 unspecified atom stereocenters. The third-order valence-corrected chi connectivity index (χ3v) is 3.88. The Morgan fingerprint density at radius 3 is 2.58 bits per heavy atom. The summed E-state index contributed by atoms with van der Waals surface area (Å²) in [5.74, 6) is 0.757. The van der Waals surface area contributed by atoms with Crippen molar-refractivity contribution in [2.75, 3.05) is 6.61 Å². The molecule has 0 bridgehead atoms. The van der Waals surface area contributed by atoms with Crippen molar-refractivity contribution in [3.63, 3.8) is 0 Å². The Morgan fingerprint density at radius 2 is 2.00 bits per heavy atom. The van der Waals surface area contributed by atoms with E-state index in [1.165, 1.54) is 5.56 Å². The van der Waals surface area contributed by atoms with Crippen LogP contribution < -0.4 is 5.32 Å². The van der Waals surface area contributed by atoms with E-state index in [0.717, 1.165) is 16.7 Å². The molecule has 0 aliphatic heterocycles. The first-order valence-electron chi connectivity index (χ1n) is 6.41. The van der Waals surface area contributed by atoms with Crippen molar-refractivity contribution in [3.8, 4) is 0 Å². The van der Waals surface area contributed by atoms with Gasteiger partial charge in [0, 0.05) is 10.5 Å². The summed E-state index contributed by atoms with van der Waals surface area (Å²) < 4.78 is 6.44. The Morgan fingerprint density at radius 1 is 1.21 bits per heavy atom. The normalized spacial score (nSPS) is 14.3. The van der Waals surface area contributed by atoms with Crippen LogP contribution in [0.1, 0.15) is 36.8 Å². The lowest BCUT2D eigenvalue weighted by molar-refractivity contribution is 0.213. The van der Waals surface area contributed by atoms with Gasteiger partial charge in [-0.05, 0) is 30.2 Å². The SMILES string of the molecule is CCC(NC(CO)c1ccco1)c1ccccc1Br. The van der Waals surface area contributed by atoms with E-state index in [4.69, 9.17) is 4.42 Å². The zero-order chi connectivity index (χ0) is 13.7. The quantitative estimate of drug-likeness (QED) is 0.849. The van der Waals surface area contributed by atoms with E-state index in [2.05, 4.69) is 34.2 Å². The van der Waals surface area contributed by atoms with E-state index >= 15 is 0 Å². The van der Waals surface area contributed by atoms with Gasteiger partial charge in [-0.25, -0.2) is 0 Å². The lowest BCUT2D eigenvalue weighted by Gasteiger charge is -2.23. The molecule has 2 aromatic rings. The van der Waals surface area contributed by atoms with Crippen LogP contribution in [-0.4, -0.2) is 11.7 Å². The summed E-state index contributed by atoms with van der Waals surface area (Å²) in [5, 5.41) is 13.0. The Balaban J connectivity index is 2.17. The van der Waals surface area contributed by atoms with E-state index in [1.54, 1.807) is 6.26 Å². The van der Waals surface area contributed by atoms with Crippen molar-refractivity contribution in [2.24, 2.45) is 0 Å². The van der Waals surface area contributed by atoms with Crippen LogP contribution in [0.2, 0.25) is 0 Å². The van der Waals surface area contributed by atoms with Gasteiger partial charge in [0.2, 0.25) is 0 Å². The van der Waals surface area contributed by atoms with Gasteiger partial charge in [-0.3, -0.25) is 5.32 Å². The van der Waals surface area contributed by atoms with Gasteiger partial charge in [-0.2, -0.15) is 0 Å². The zero-order valence-corrected chi connectivity index (χ0v) is 12.4. The highest BCUT2D eigenvalue weighted by Gasteiger charge is 2.19. The molecular formula is C15H18BrNO2. The van der Waals surface area contributed by atoms with Crippen LogP contribution in [0.4, 0.5) is 0 Å². The average molecular weight is 324 g/mol. The maximum absolute atomic E-state index is 9.52. The number of halogens is 1. The van der Waals surface area contributed by atoms with Gasteiger partial charge in [0.05, 0.1) is 18.9 Å². The Labute approximate surface area is 121 Å². The molecule has 2 rings (SSSR count). The van der Waals surface area contributed by atoms with Crippen LogP contribution >= 0.6 is 15.9 Å². The van der Waals surface area contributed by atoms with Crippen molar-refractivity contribution >= 4 is 15.9 Å². The summed E-state index contributed by atoms with van der Waals surface area (Å²) in [7, 11) is 0. The highest BCUT2D eigenvalue weighted by molar-refractivity contribution is 9.10. The van der Waals surface area contributed by atoms with Gasteiger partial charge in [-0.1, -0.05) is 41.1 Å². The first kappa shape index (κ1) is 14.3. The molecule has 102 valence electrons. The topological polar surface area (TPSA) is 45.4 Å². The van der Waals surface area contributed by atoms with Crippen molar-refractivity contribution in [1.82, 2.24) is 5.32 Å². The smallest absolute Gasteiger partial charge is 0.123 e. The molecule has 2 N–H and O–H groups in total. The lowest BCUT2D eigenvalue weighted by Crippen LogP contribution is -2.28. The molecule has 0 aliphatic rings. The second-order valence-corrected chi connectivity index (χ2v) is 5.25. The highest BCUT2D eigenvalue weighted by atomic mass is 79.9. The first-order chi connectivity index (χ1) is 9.26. The van der Waals surface area contributed by atoms with E-state index < -0.39 is 0 Å². The van der Waals surface area contributed by atoms with Gasteiger partial charge >= 0.3 is 0 Å². The molecule has 0 saturated heterocycles. The summed E-state index contributed by atoms with van der Waals surface area (Å²) in [4.78, 5) is 0. The number of hydrogen-bond acceptors (Lipinski definition) is 3. The van der Waals surface area contributed by atoms with Crippen LogP contribution in [0.5, 0.6) is 0 Å². The van der Waals surface area contributed by atoms with Crippen LogP contribution in [-0.2, 0) is 0 Å². The minimum atomic E-state index is -0.188. The van der Waals surface area contributed by atoms with Crippen LogP contribution in [0.25, 0.3) is 0 Å². The molecule has 0 amide bonds. The molecule has 1 heterocycles. The van der Waals surface area contributed by atoms with E-state index in [1.807, 2.05) is 30.3 Å². The van der Waals surface area contributed by atoms with Crippen molar-refractivity contribution in [3.05, 3.63) is 58.5 Å². The maximum Gasteiger partial charge on any atom is 0.123 e. The zero-order valence-electron chi connectivity index (χ0n) is 10.8. The summed E-state index contributed by atoms with van der Waals surface area (Å²) in [5.41, 5.74) is 1.19. The predicted molar refractivity (Wildman–Crippen MR) is 78.8 cm³/mol. The average Bonchev–Trinajstić information content (AvgIpc) is 2.95. The van der Waals surface area contributed by atoms with Crippen LogP contribution in [0, 0.1) is 0 Å². The molecule has 0 saturated carbocycles. The van der Waals surface area contributed by atoms with E-state index in [0.29, 0.717) is 0 Å². The Kier molecular flexibility index (Phi) is 5.19. The van der Waals surface area contributed by atoms with Gasteiger partial charge < -0.3 is 9.52 Å². The fraction of sp³-hybridized carbons (Fsp3) is 0.333. The minimum absolute atomic E-state index is 0.00840. The minimum Gasteiger partial charge on any atom is -0.468 e. The predicted octanol–water partition coefficient (Wildman–Crippen LogP) is 3.82. The third kappa shape index (κ3) is 3.47. The van der Waals surface area contributed by atoms with Crippen LogP contribution in [0.15, 0.2) is 51.6 Å². The molecule has 2 atom stereocenters. The fourth-order valence-electron chi connectivity index (χ4n) is 2.14. The van der Waals surface area contributed by atoms with Gasteiger partial charge in [0.15, 0.2) is 0 Å². The summed E-state index contributed by atoms with van der Waals surface area (Å²) in [6.45, 7) is 2.13. The summed E-state index contributed by atoms with van der Waals surface area (Å²) in [6.07, 6.45) is 2.55. The summed E-state index contributed by atoms with van der Waals surface area (Å²) in [6, 6.07) is 11.8. The number of furan rings is 1. The van der Waals surface area contributed by atoms with Crippen molar-refractivity contribution in [1.29, 1.82) is 0 Å². The van der Waals surface area contributed by atoms with E-state index in [-0.39, 0.29) is 18.7 Å². The Bertz CT molecular complexity index is 499. The molecule has 0 aliphatic carbocycles. The van der Waals surface area contributed by atoms with Crippen molar-refractivity contribution < 1.29 is 9.52 Å². The van der Waals surface area contributed by atoms with E-state index in [9.17, 15) is 5.11 Å². The van der Waals surface area contributed by atoms with Gasteiger partial charge in [0.1, 0.15) is 5.76 Å². The molecule has 1 aromatic heterocycles. The highest BCUT2D eigenvalue weighted by Crippen LogP contribution is 2.28. The molecule has 4 heteroatoms.